The Kier molecular flexibility index (Phi) is 6.31. The third-order valence-corrected chi connectivity index (χ3v) is 5.92. The van der Waals surface area contributed by atoms with Crippen LogP contribution in [0.5, 0.6) is 5.75 Å². The summed E-state index contributed by atoms with van der Waals surface area (Å²) in [5, 5.41) is 15.7. The molecule has 2 N–H and O–H groups in total. The van der Waals surface area contributed by atoms with Crippen LogP contribution >= 0.6 is 11.3 Å². The zero-order valence-electron chi connectivity index (χ0n) is 16.9. The standard InChI is InChI=1S/C22H20F2N4O3S/c23-15-10-14(11-16(24)12-15)20(30)26-17-2-3-18(19(29)13-17)21(31)27-5-1-6-28(8-7-27)22-25-4-9-32-22/h2-4,9-13,29H,1,5-8H2,(H,26,30). The number of aromatic nitrogens is 1. The van der Waals surface area contributed by atoms with Crippen molar-refractivity contribution in [1.29, 1.82) is 0 Å². The molecule has 2 aromatic carbocycles. The largest absolute Gasteiger partial charge is 0.507 e. The van der Waals surface area contributed by atoms with Gasteiger partial charge in [-0.3, -0.25) is 9.59 Å². The van der Waals surface area contributed by atoms with Crippen LogP contribution in [0.25, 0.3) is 0 Å². The molecule has 2 amide bonds. The average Bonchev–Trinajstić information content (AvgIpc) is 3.17. The highest BCUT2D eigenvalue weighted by Crippen LogP contribution is 2.25. The fourth-order valence-electron chi connectivity index (χ4n) is 3.53. The molecule has 0 spiro atoms. The minimum Gasteiger partial charge on any atom is -0.507 e. The van der Waals surface area contributed by atoms with Gasteiger partial charge in [0.25, 0.3) is 11.8 Å². The lowest BCUT2D eigenvalue weighted by atomic mass is 10.1. The number of anilines is 2. The maximum Gasteiger partial charge on any atom is 0.257 e. The monoisotopic (exact) mass is 458 g/mol. The third-order valence-electron chi connectivity index (χ3n) is 5.08. The molecule has 1 aliphatic rings. The molecule has 1 fully saturated rings. The number of amides is 2. The van der Waals surface area contributed by atoms with Crippen molar-refractivity contribution in [1.82, 2.24) is 9.88 Å². The fraction of sp³-hybridized carbons (Fsp3) is 0.227. The van der Waals surface area contributed by atoms with Crippen LogP contribution in [0.15, 0.2) is 48.0 Å². The van der Waals surface area contributed by atoms with Gasteiger partial charge in [0, 0.05) is 61.1 Å². The van der Waals surface area contributed by atoms with Crippen molar-refractivity contribution in [2.75, 3.05) is 36.4 Å². The SMILES string of the molecule is O=C(Nc1ccc(C(=O)N2CCCN(c3nccs3)CC2)c(O)c1)c1cc(F)cc(F)c1. The van der Waals surface area contributed by atoms with E-state index in [9.17, 15) is 23.5 Å². The molecule has 0 saturated carbocycles. The van der Waals surface area contributed by atoms with Crippen LogP contribution in [0.1, 0.15) is 27.1 Å². The van der Waals surface area contributed by atoms with Crippen LogP contribution in [0.4, 0.5) is 19.6 Å². The number of phenols is 1. The highest BCUT2D eigenvalue weighted by Gasteiger charge is 2.23. The molecule has 10 heteroatoms. The molecule has 32 heavy (non-hydrogen) atoms. The van der Waals surface area contributed by atoms with Crippen molar-refractivity contribution < 1.29 is 23.5 Å². The van der Waals surface area contributed by atoms with Gasteiger partial charge in [0.2, 0.25) is 0 Å². The third kappa shape index (κ3) is 4.86. The van der Waals surface area contributed by atoms with Gasteiger partial charge in [-0.1, -0.05) is 0 Å². The Morgan fingerprint density at radius 1 is 1.03 bits per heavy atom. The summed E-state index contributed by atoms with van der Waals surface area (Å²) in [4.78, 5) is 33.3. The summed E-state index contributed by atoms with van der Waals surface area (Å²) >= 11 is 1.55. The number of halogens is 2. The van der Waals surface area contributed by atoms with E-state index in [1.165, 1.54) is 18.2 Å². The van der Waals surface area contributed by atoms with E-state index in [-0.39, 0.29) is 28.5 Å². The quantitative estimate of drug-likeness (QED) is 0.622. The van der Waals surface area contributed by atoms with Crippen LogP contribution in [0.2, 0.25) is 0 Å². The van der Waals surface area contributed by atoms with Gasteiger partial charge in [-0.05, 0) is 30.7 Å². The van der Waals surface area contributed by atoms with E-state index in [0.29, 0.717) is 25.7 Å². The first-order valence-electron chi connectivity index (χ1n) is 9.95. The van der Waals surface area contributed by atoms with Crippen molar-refractivity contribution in [2.24, 2.45) is 0 Å². The highest BCUT2D eigenvalue weighted by molar-refractivity contribution is 7.13. The number of phenolic OH excluding ortho intramolecular Hbond substituents is 1. The number of hydrogen-bond donors (Lipinski definition) is 2. The van der Waals surface area contributed by atoms with Gasteiger partial charge in [0.05, 0.1) is 5.56 Å². The van der Waals surface area contributed by atoms with E-state index in [1.807, 2.05) is 5.38 Å². The van der Waals surface area contributed by atoms with Gasteiger partial charge in [-0.15, -0.1) is 11.3 Å². The van der Waals surface area contributed by atoms with Crippen molar-refractivity contribution in [3.63, 3.8) is 0 Å². The minimum atomic E-state index is -0.871. The molecule has 7 nitrogen and oxygen atoms in total. The number of hydrogen-bond acceptors (Lipinski definition) is 6. The number of thiazole rings is 1. The maximum absolute atomic E-state index is 13.3. The Morgan fingerprint density at radius 3 is 2.50 bits per heavy atom. The second kappa shape index (κ2) is 9.31. The lowest BCUT2D eigenvalue weighted by molar-refractivity contribution is 0.0764. The van der Waals surface area contributed by atoms with E-state index in [2.05, 4.69) is 15.2 Å². The number of carbonyl (C=O) groups excluding carboxylic acids is 2. The van der Waals surface area contributed by atoms with Gasteiger partial charge >= 0.3 is 0 Å². The molecule has 1 aliphatic heterocycles. The van der Waals surface area contributed by atoms with Crippen molar-refractivity contribution in [3.8, 4) is 5.75 Å². The maximum atomic E-state index is 13.3. The topological polar surface area (TPSA) is 85.8 Å². The molecule has 0 unspecified atom stereocenters. The first-order chi connectivity index (χ1) is 15.4. The van der Waals surface area contributed by atoms with E-state index < -0.39 is 17.5 Å². The Labute approximate surface area is 186 Å². The molecule has 4 rings (SSSR count). The fourth-order valence-corrected chi connectivity index (χ4v) is 4.23. The number of benzene rings is 2. The van der Waals surface area contributed by atoms with Gasteiger partial charge in [0.15, 0.2) is 5.13 Å². The average molecular weight is 458 g/mol. The molecular weight excluding hydrogens is 438 g/mol. The van der Waals surface area contributed by atoms with Gasteiger partial charge in [0.1, 0.15) is 17.4 Å². The van der Waals surface area contributed by atoms with Crippen LogP contribution < -0.4 is 10.2 Å². The normalized spacial score (nSPS) is 14.2. The predicted molar refractivity (Wildman–Crippen MR) is 117 cm³/mol. The summed E-state index contributed by atoms with van der Waals surface area (Å²) in [5.41, 5.74) is 0.110. The van der Waals surface area contributed by atoms with E-state index in [4.69, 9.17) is 0 Å². The summed E-state index contributed by atoms with van der Waals surface area (Å²) in [5.74, 6) is -3.08. The molecule has 1 saturated heterocycles. The summed E-state index contributed by atoms with van der Waals surface area (Å²) in [6.07, 6.45) is 2.52. The number of rotatable bonds is 4. The molecule has 166 valence electrons. The molecule has 3 aromatic rings. The van der Waals surface area contributed by atoms with E-state index >= 15 is 0 Å². The summed E-state index contributed by atoms with van der Waals surface area (Å²) < 4.78 is 26.7. The lowest BCUT2D eigenvalue weighted by Crippen LogP contribution is -2.35. The van der Waals surface area contributed by atoms with Crippen LogP contribution in [-0.2, 0) is 0 Å². The smallest absolute Gasteiger partial charge is 0.257 e. The van der Waals surface area contributed by atoms with Gasteiger partial charge < -0.3 is 20.2 Å². The zero-order valence-corrected chi connectivity index (χ0v) is 17.7. The first kappa shape index (κ1) is 21.7. The molecule has 2 heterocycles. The Balaban J connectivity index is 1.43. The molecule has 1 aromatic heterocycles. The number of nitrogens with one attached hydrogen (secondary N) is 1. The second-order valence-corrected chi connectivity index (χ2v) is 8.16. The minimum absolute atomic E-state index is 0.113. The van der Waals surface area contributed by atoms with Crippen molar-refractivity contribution in [3.05, 3.63) is 70.7 Å². The Bertz CT molecular complexity index is 1120. The Morgan fingerprint density at radius 2 is 1.81 bits per heavy atom. The number of carbonyl (C=O) groups is 2. The van der Waals surface area contributed by atoms with Crippen LogP contribution in [0, 0.1) is 11.6 Å². The van der Waals surface area contributed by atoms with E-state index in [1.54, 1.807) is 22.4 Å². The molecule has 0 bridgehead atoms. The molecule has 0 atom stereocenters. The molecule has 0 radical (unpaired) electrons. The first-order valence-corrected chi connectivity index (χ1v) is 10.8. The molecule has 0 aliphatic carbocycles. The summed E-state index contributed by atoms with van der Waals surface area (Å²) in [7, 11) is 0. The predicted octanol–water partition coefficient (Wildman–Crippen LogP) is 3.73. The highest BCUT2D eigenvalue weighted by atomic mass is 32.1. The summed E-state index contributed by atoms with van der Waals surface area (Å²) in [6, 6.07) is 6.60. The Hall–Kier alpha value is -3.53. The second-order valence-electron chi connectivity index (χ2n) is 7.29. The van der Waals surface area contributed by atoms with Crippen molar-refractivity contribution >= 4 is 34.0 Å². The summed E-state index contributed by atoms with van der Waals surface area (Å²) in [6.45, 7) is 2.46. The van der Waals surface area contributed by atoms with Crippen molar-refractivity contribution in [2.45, 2.75) is 6.42 Å². The van der Waals surface area contributed by atoms with Gasteiger partial charge in [-0.2, -0.15) is 0 Å². The zero-order chi connectivity index (χ0) is 22.7. The van der Waals surface area contributed by atoms with Crippen LogP contribution in [0.3, 0.4) is 0 Å². The number of nitrogens with zero attached hydrogens (tertiary/aromatic N) is 3. The lowest BCUT2D eigenvalue weighted by Gasteiger charge is -2.22. The van der Waals surface area contributed by atoms with Gasteiger partial charge in [-0.25, -0.2) is 13.8 Å². The number of aromatic hydroxyl groups is 1. The van der Waals surface area contributed by atoms with E-state index in [0.717, 1.165) is 30.2 Å². The molecular formula is C22H20F2N4O3S. The van der Waals surface area contributed by atoms with Crippen LogP contribution in [-0.4, -0.2) is 53.0 Å².